The molecule has 5 aromatic rings. The fourth-order valence-corrected chi connectivity index (χ4v) is 6.11. The molecule has 6 rings (SSSR count). The lowest BCUT2D eigenvalue weighted by Gasteiger charge is -2.24. The largest absolute Gasteiger partial charge is 0.504 e. The van der Waals surface area contributed by atoms with Gasteiger partial charge in [-0.15, -0.1) is 0 Å². The minimum atomic E-state index is -0.879. The van der Waals surface area contributed by atoms with Crippen LogP contribution < -0.4 is 29.8 Å². The van der Waals surface area contributed by atoms with Gasteiger partial charge in [0.15, 0.2) is 34.5 Å². The lowest BCUT2D eigenvalue weighted by atomic mass is 9.82. The second kappa shape index (κ2) is 8.62. The quantitative estimate of drug-likeness (QED) is 0.189. The van der Waals surface area contributed by atoms with E-state index in [2.05, 4.69) is 0 Å². The van der Waals surface area contributed by atoms with E-state index in [-0.39, 0.29) is 75.7 Å². The molecule has 0 radical (unpaired) electrons. The van der Waals surface area contributed by atoms with Crippen LogP contribution in [0.25, 0.3) is 43.1 Å². The minimum absolute atomic E-state index is 0.0210. The Hall–Kier alpha value is -4.28. The molecule has 0 aliphatic carbocycles. The third kappa shape index (κ3) is 3.28. The maximum absolute atomic E-state index is 13.8. The fourth-order valence-electron chi connectivity index (χ4n) is 6.11. The highest BCUT2D eigenvalue weighted by molar-refractivity contribution is 6.38. The fraction of sp³-hybridized carbons (Fsp3) is 0.310. The number of methoxy groups -OCH3 is 2. The van der Waals surface area contributed by atoms with Gasteiger partial charge in [-0.2, -0.15) is 0 Å². The monoisotopic (exact) mass is 534 g/mol. The number of aliphatic hydroxyl groups excluding tert-OH is 2. The van der Waals surface area contributed by atoms with Gasteiger partial charge in [0.05, 0.1) is 26.4 Å². The summed E-state index contributed by atoms with van der Waals surface area (Å²) < 4.78 is 22.7. The van der Waals surface area contributed by atoms with Crippen molar-refractivity contribution in [2.75, 3.05) is 21.0 Å². The Bertz CT molecular complexity index is 1790. The van der Waals surface area contributed by atoms with E-state index in [9.17, 15) is 30.0 Å². The van der Waals surface area contributed by atoms with Crippen LogP contribution >= 0.6 is 0 Å². The zero-order chi connectivity index (χ0) is 27.9. The molecule has 1 heterocycles. The number of hydrogen-bond acceptors (Lipinski definition) is 10. The van der Waals surface area contributed by atoms with Crippen molar-refractivity contribution in [3.05, 3.63) is 43.7 Å². The van der Waals surface area contributed by atoms with E-state index in [0.717, 1.165) is 0 Å². The van der Waals surface area contributed by atoms with Crippen LogP contribution in [-0.2, 0) is 12.8 Å². The van der Waals surface area contributed by atoms with Gasteiger partial charge in [-0.05, 0) is 36.8 Å². The second-order valence-electron chi connectivity index (χ2n) is 9.99. The van der Waals surface area contributed by atoms with Crippen LogP contribution in [0.15, 0.2) is 21.7 Å². The summed E-state index contributed by atoms with van der Waals surface area (Å²) in [5, 5.41) is 45.5. The average molecular weight is 535 g/mol. The molecule has 0 fully saturated rings. The molecule has 1 aliphatic rings. The van der Waals surface area contributed by atoms with Crippen LogP contribution in [-0.4, -0.2) is 53.6 Å². The molecule has 2 atom stereocenters. The number of aliphatic hydroxyl groups is 2. The van der Waals surface area contributed by atoms with Crippen LogP contribution in [0.2, 0.25) is 0 Å². The van der Waals surface area contributed by atoms with Gasteiger partial charge in [0.2, 0.25) is 17.7 Å². The van der Waals surface area contributed by atoms with E-state index >= 15 is 0 Å². The van der Waals surface area contributed by atoms with Crippen molar-refractivity contribution >= 4 is 43.1 Å². The molecule has 202 valence electrons. The van der Waals surface area contributed by atoms with E-state index in [4.69, 9.17) is 18.9 Å². The van der Waals surface area contributed by atoms with Crippen molar-refractivity contribution in [3.63, 3.8) is 0 Å². The van der Waals surface area contributed by atoms with Crippen molar-refractivity contribution in [1.82, 2.24) is 0 Å². The van der Waals surface area contributed by atoms with E-state index in [1.54, 1.807) is 13.8 Å². The highest BCUT2D eigenvalue weighted by Gasteiger charge is 2.33. The van der Waals surface area contributed by atoms with Gasteiger partial charge in [0, 0.05) is 56.3 Å². The lowest BCUT2D eigenvalue weighted by Crippen LogP contribution is -2.17. The second-order valence-corrected chi connectivity index (χ2v) is 9.99. The first-order valence-corrected chi connectivity index (χ1v) is 12.4. The third-order valence-corrected chi connectivity index (χ3v) is 7.39. The number of phenolic OH excluding ortho intramolecular Hbond substituents is 2. The van der Waals surface area contributed by atoms with Gasteiger partial charge >= 0.3 is 0 Å². The van der Waals surface area contributed by atoms with Crippen LogP contribution in [0.4, 0.5) is 0 Å². The van der Waals surface area contributed by atoms with Crippen LogP contribution in [0.1, 0.15) is 25.0 Å². The van der Waals surface area contributed by atoms with E-state index in [1.807, 2.05) is 0 Å². The molecule has 0 saturated carbocycles. The molecule has 0 amide bonds. The van der Waals surface area contributed by atoms with E-state index < -0.39 is 23.1 Å². The highest BCUT2D eigenvalue weighted by Crippen LogP contribution is 2.55. The predicted molar refractivity (Wildman–Crippen MR) is 145 cm³/mol. The smallest absolute Gasteiger partial charge is 0.231 e. The molecule has 39 heavy (non-hydrogen) atoms. The maximum Gasteiger partial charge on any atom is 0.231 e. The SMILES string of the molecule is COc1c(C[C@H](C)O)c2c3c(C[C@H](C)O)c(OC)c(=O)c4cc(O)c5c(c6c(c(O)cc(c1=O)c26)OCO5)c43. The van der Waals surface area contributed by atoms with Gasteiger partial charge in [0.1, 0.15) is 0 Å². The number of phenols is 2. The normalized spacial score (nSPS) is 14.6. The van der Waals surface area contributed by atoms with Gasteiger partial charge < -0.3 is 39.4 Å². The van der Waals surface area contributed by atoms with Gasteiger partial charge in [-0.3, -0.25) is 9.59 Å². The van der Waals surface area contributed by atoms with Crippen LogP contribution in [0.3, 0.4) is 0 Å². The van der Waals surface area contributed by atoms with Gasteiger partial charge in [0.25, 0.3) is 0 Å². The van der Waals surface area contributed by atoms with Gasteiger partial charge in [-0.1, -0.05) is 0 Å². The van der Waals surface area contributed by atoms with Crippen molar-refractivity contribution < 1.29 is 39.4 Å². The summed E-state index contributed by atoms with van der Waals surface area (Å²) in [4.78, 5) is 27.5. The average Bonchev–Trinajstić information content (AvgIpc) is 3.08. The zero-order valence-electron chi connectivity index (χ0n) is 21.7. The number of benzene rings is 5. The first kappa shape index (κ1) is 25.0. The highest BCUT2D eigenvalue weighted by atomic mass is 16.7. The summed E-state index contributed by atoms with van der Waals surface area (Å²) in [6.07, 6.45) is -1.71. The standard InChI is InChI=1S/C29H26O10/c1-10(30)5-14-20-18-12(24(34)26(14)36-3)7-16(32)28-22(18)23-19-13(8-17(33)29(23)39-9-38-28)25(35)27(37-4)15(21(19)20)6-11(2)31/h7-8,10-11,30-33H,5-6,9H2,1-4H3/t10-,11-/m0/s1. The Morgan fingerprint density at radius 2 is 1.10 bits per heavy atom. The molecular weight excluding hydrogens is 508 g/mol. The Morgan fingerprint density at radius 3 is 1.44 bits per heavy atom. The van der Waals surface area contributed by atoms with Crippen molar-refractivity contribution in [2.24, 2.45) is 0 Å². The molecule has 10 heteroatoms. The molecule has 0 unspecified atom stereocenters. The molecule has 0 spiro atoms. The molecule has 4 N–H and O–H groups in total. The van der Waals surface area contributed by atoms with Crippen LogP contribution in [0.5, 0.6) is 34.5 Å². The Kier molecular flexibility index (Phi) is 5.53. The Morgan fingerprint density at radius 1 is 0.718 bits per heavy atom. The molecule has 10 nitrogen and oxygen atoms in total. The molecule has 0 bridgehead atoms. The molecule has 0 saturated heterocycles. The number of hydrogen-bond donors (Lipinski definition) is 4. The van der Waals surface area contributed by atoms with Crippen molar-refractivity contribution in [2.45, 2.75) is 38.9 Å². The van der Waals surface area contributed by atoms with Crippen molar-refractivity contribution in [3.8, 4) is 34.5 Å². The molecule has 0 aromatic heterocycles. The summed E-state index contributed by atoms with van der Waals surface area (Å²) in [5.41, 5.74) is -0.253. The number of ether oxygens (including phenoxy) is 4. The molecule has 5 aromatic carbocycles. The van der Waals surface area contributed by atoms with Crippen molar-refractivity contribution in [1.29, 1.82) is 0 Å². The summed E-state index contributed by atoms with van der Waals surface area (Å²) >= 11 is 0. The maximum atomic E-state index is 13.8. The zero-order valence-corrected chi connectivity index (χ0v) is 21.7. The third-order valence-electron chi connectivity index (χ3n) is 7.39. The molecule has 1 aliphatic heterocycles. The summed E-state index contributed by atoms with van der Waals surface area (Å²) in [7, 11) is 2.70. The minimum Gasteiger partial charge on any atom is -0.504 e. The Balaban J connectivity index is 2.12. The first-order chi connectivity index (χ1) is 18.6. The topological polar surface area (TPSA) is 152 Å². The number of aromatic hydroxyl groups is 2. The summed E-state index contributed by atoms with van der Waals surface area (Å²) in [6, 6.07) is 2.58. The van der Waals surface area contributed by atoms with E-state index in [1.165, 1.54) is 26.4 Å². The number of fused-ring (bicyclic) bond motifs is 1. The number of rotatable bonds is 6. The predicted octanol–water partition coefficient (Wildman–Crippen LogP) is 2.90. The summed E-state index contributed by atoms with van der Waals surface area (Å²) in [5.74, 6) is -0.662. The van der Waals surface area contributed by atoms with E-state index in [0.29, 0.717) is 32.7 Å². The van der Waals surface area contributed by atoms with Crippen LogP contribution in [0, 0.1) is 0 Å². The lowest BCUT2D eigenvalue weighted by molar-refractivity contribution is 0.119. The molecular formula is C29H26O10. The van der Waals surface area contributed by atoms with Gasteiger partial charge in [-0.25, -0.2) is 0 Å². The summed E-state index contributed by atoms with van der Waals surface area (Å²) in [6.45, 7) is 2.80. The first-order valence-electron chi connectivity index (χ1n) is 12.4. The Labute approximate surface area is 220 Å².